The third kappa shape index (κ3) is 3.42. The smallest absolute Gasteiger partial charge is 0.409 e. The van der Waals surface area contributed by atoms with Crippen molar-refractivity contribution in [2.24, 2.45) is 0 Å². The molecule has 2 unspecified atom stereocenters. The number of methoxy groups -OCH3 is 1. The molecule has 132 valence electrons. The summed E-state index contributed by atoms with van der Waals surface area (Å²) in [5.74, 6) is 0.206. The third-order valence-electron chi connectivity index (χ3n) is 5.06. The van der Waals surface area contributed by atoms with E-state index in [1.807, 2.05) is 11.8 Å². The predicted octanol–water partition coefficient (Wildman–Crippen LogP) is 2.18. The quantitative estimate of drug-likeness (QED) is 0.838. The van der Waals surface area contributed by atoms with E-state index >= 15 is 0 Å². The van der Waals surface area contributed by atoms with E-state index in [-0.39, 0.29) is 24.1 Å². The van der Waals surface area contributed by atoms with E-state index in [2.05, 4.69) is 22.4 Å². The summed E-state index contributed by atoms with van der Waals surface area (Å²) in [5.41, 5.74) is 0. The number of hydrogen-bond donors (Lipinski definition) is 0. The number of carbonyl (C=O) groups excluding carboxylic acids is 2. The standard InChI is InChI=1S/C17H25N3O3S/c1-13(18-8-10-19(11-9-18)17(22)23-2)16(21)20-7-3-5-14(20)15-6-4-12-24-15/h4,6,12-14H,3,5,7-11H2,1-2H3. The van der Waals surface area contributed by atoms with E-state index in [0.717, 1.165) is 19.4 Å². The minimum absolute atomic E-state index is 0.148. The molecule has 0 bridgehead atoms. The van der Waals surface area contributed by atoms with Crippen LogP contribution in [0.4, 0.5) is 4.79 Å². The van der Waals surface area contributed by atoms with Crippen LogP contribution in [0.3, 0.4) is 0 Å². The van der Waals surface area contributed by atoms with Crippen molar-refractivity contribution in [1.82, 2.24) is 14.7 Å². The zero-order valence-corrected chi connectivity index (χ0v) is 15.1. The van der Waals surface area contributed by atoms with Gasteiger partial charge in [-0.25, -0.2) is 4.79 Å². The van der Waals surface area contributed by atoms with E-state index in [0.29, 0.717) is 26.2 Å². The molecule has 2 aliphatic rings. The van der Waals surface area contributed by atoms with Crippen LogP contribution in [0.2, 0.25) is 0 Å². The van der Waals surface area contributed by atoms with E-state index in [1.165, 1.54) is 12.0 Å². The monoisotopic (exact) mass is 351 g/mol. The lowest BCUT2D eigenvalue weighted by molar-refractivity contribution is -0.137. The Morgan fingerprint density at radius 2 is 2.00 bits per heavy atom. The molecule has 0 saturated carbocycles. The molecule has 2 amide bonds. The normalized spacial score (nSPS) is 23.3. The number of carbonyl (C=O) groups is 2. The van der Waals surface area contributed by atoms with Crippen molar-refractivity contribution in [3.05, 3.63) is 22.4 Å². The van der Waals surface area contributed by atoms with Gasteiger partial charge in [-0.2, -0.15) is 0 Å². The average Bonchev–Trinajstić information content (AvgIpc) is 3.30. The number of rotatable bonds is 3. The highest BCUT2D eigenvalue weighted by Crippen LogP contribution is 2.35. The Kier molecular flexibility index (Phi) is 5.40. The molecule has 2 saturated heterocycles. The number of piperazine rings is 1. The summed E-state index contributed by atoms with van der Waals surface area (Å²) < 4.78 is 4.76. The van der Waals surface area contributed by atoms with Gasteiger partial charge in [-0.3, -0.25) is 9.69 Å². The summed E-state index contributed by atoms with van der Waals surface area (Å²) in [6.07, 6.45) is 1.83. The van der Waals surface area contributed by atoms with Crippen LogP contribution >= 0.6 is 11.3 Å². The maximum atomic E-state index is 13.0. The van der Waals surface area contributed by atoms with Crippen molar-refractivity contribution in [2.45, 2.75) is 31.8 Å². The highest BCUT2D eigenvalue weighted by Gasteiger charge is 2.36. The summed E-state index contributed by atoms with van der Waals surface area (Å²) in [4.78, 5) is 31.8. The van der Waals surface area contributed by atoms with E-state index < -0.39 is 0 Å². The zero-order valence-electron chi connectivity index (χ0n) is 14.3. The van der Waals surface area contributed by atoms with Gasteiger partial charge in [0.1, 0.15) is 0 Å². The minimum atomic E-state index is -0.286. The maximum absolute atomic E-state index is 13.0. The van der Waals surface area contributed by atoms with Gasteiger partial charge in [-0.1, -0.05) is 6.07 Å². The second-order valence-electron chi connectivity index (χ2n) is 6.37. The van der Waals surface area contributed by atoms with Crippen molar-refractivity contribution in [3.63, 3.8) is 0 Å². The van der Waals surface area contributed by atoms with Gasteiger partial charge < -0.3 is 14.5 Å². The van der Waals surface area contributed by atoms with Crippen molar-refractivity contribution in [1.29, 1.82) is 0 Å². The van der Waals surface area contributed by atoms with E-state index in [9.17, 15) is 9.59 Å². The third-order valence-corrected chi connectivity index (χ3v) is 6.03. The van der Waals surface area contributed by atoms with Gasteiger partial charge in [0.2, 0.25) is 5.91 Å². The highest BCUT2D eigenvalue weighted by molar-refractivity contribution is 7.10. The second kappa shape index (κ2) is 7.53. The molecule has 3 heterocycles. The topological polar surface area (TPSA) is 53.1 Å². The number of likely N-dealkylation sites (tertiary alicyclic amines) is 1. The fourth-order valence-corrected chi connectivity index (χ4v) is 4.50. The predicted molar refractivity (Wildman–Crippen MR) is 93.0 cm³/mol. The molecular weight excluding hydrogens is 326 g/mol. The van der Waals surface area contributed by atoms with Gasteiger partial charge >= 0.3 is 6.09 Å². The van der Waals surface area contributed by atoms with Crippen LogP contribution in [0.15, 0.2) is 17.5 Å². The molecule has 7 heteroatoms. The van der Waals surface area contributed by atoms with Crippen LogP contribution in [0, 0.1) is 0 Å². The summed E-state index contributed by atoms with van der Waals surface area (Å²) in [6, 6.07) is 4.26. The van der Waals surface area contributed by atoms with E-state index in [4.69, 9.17) is 4.74 Å². The first-order valence-corrected chi connectivity index (χ1v) is 9.40. The average molecular weight is 351 g/mol. The van der Waals surface area contributed by atoms with Gasteiger partial charge in [0.15, 0.2) is 0 Å². The van der Waals surface area contributed by atoms with Crippen molar-refractivity contribution in [2.75, 3.05) is 39.8 Å². The number of hydrogen-bond acceptors (Lipinski definition) is 5. The number of ether oxygens (including phenoxy) is 1. The van der Waals surface area contributed by atoms with Crippen LogP contribution in [0.5, 0.6) is 0 Å². The largest absolute Gasteiger partial charge is 0.453 e. The summed E-state index contributed by atoms with van der Waals surface area (Å²) in [6.45, 7) is 5.46. The maximum Gasteiger partial charge on any atom is 0.409 e. The minimum Gasteiger partial charge on any atom is -0.453 e. The first-order chi connectivity index (χ1) is 11.6. The van der Waals surface area contributed by atoms with Crippen molar-refractivity contribution >= 4 is 23.3 Å². The van der Waals surface area contributed by atoms with Crippen LogP contribution < -0.4 is 0 Å². The molecule has 0 spiro atoms. The summed E-state index contributed by atoms with van der Waals surface area (Å²) in [7, 11) is 1.40. The molecule has 0 aromatic carbocycles. The lowest BCUT2D eigenvalue weighted by Crippen LogP contribution is -2.55. The molecule has 1 aromatic rings. The summed E-state index contributed by atoms with van der Waals surface area (Å²) in [5, 5.41) is 2.08. The number of nitrogens with zero attached hydrogens (tertiary/aromatic N) is 3. The first-order valence-electron chi connectivity index (χ1n) is 8.52. The molecule has 24 heavy (non-hydrogen) atoms. The Morgan fingerprint density at radius 1 is 1.25 bits per heavy atom. The molecule has 6 nitrogen and oxygen atoms in total. The lowest BCUT2D eigenvalue weighted by Gasteiger charge is -2.38. The van der Waals surface area contributed by atoms with Gasteiger partial charge in [0.25, 0.3) is 0 Å². The lowest BCUT2D eigenvalue weighted by atomic mass is 10.1. The van der Waals surface area contributed by atoms with E-state index in [1.54, 1.807) is 16.2 Å². The Labute approximate surface area is 147 Å². The highest BCUT2D eigenvalue weighted by atomic mass is 32.1. The van der Waals surface area contributed by atoms with Gasteiger partial charge in [0.05, 0.1) is 19.2 Å². The Balaban J connectivity index is 1.60. The Bertz CT molecular complexity index is 570. The molecule has 0 N–H and O–H groups in total. The molecule has 2 aliphatic heterocycles. The summed E-state index contributed by atoms with van der Waals surface area (Å²) >= 11 is 1.73. The Hall–Kier alpha value is -1.60. The molecule has 2 fully saturated rings. The van der Waals surface area contributed by atoms with Gasteiger partial charge in [-0.05, 0) is 31.2 Å². The zero-order chi connectivity index (χ0) is 17.1. The van der Waals surface area contributed by atoms with Crippen molar-refractivity contribution < 1.29 is 14.3 Å². The first kappa shape index (κ1) is 17.2. The number of thiophene rings is 1. The Morgan fingerprint density at radius 3 is 2.62 bits per heavy atom. The fraction of sp³-hybridized carbons (Fsp3) is 0.647. The molecule has 1 aromatic heterocycles. The SMILES string of the molecule is COC(=O)N1CCN(C(C)C(=O)N2CCCC2c2cccs2)CC1. The van der Waals surface area contributed by atoms with Gasteiger partial charge in [-0.15, -0.1) is 11.3 Å². The molecule has 0 radical (unpaired) electrons. The van der Waals surface area contributed by atoms with Gasteiger partial charge in [0, 0.05) is 37.6 Å². The molecule has 3 rings (SSSR count). The molecule has 2 atom stereocenters. The van der Waals surface area contributed by atoms with Crippen molar-refractivity contribution in [3.8, 4) is 0 Å². The van der Waals surface area contributed by atoms with Crippen LogP contribution in [-0.2, 0) is 9.53 Å². The van der Waals surface area contributed by atoms with Crippen LogP contribution in [0.1, 0.15) is 30.7 Å². The van der Waals surface area contributed by atoms with Crippen LogP contribution in [0.25, 0.3) is 0 Å². The number of amides is 2. The second-order valence-corrected chi connectivity index (χ2v) is 7.35. The molecular formula is C17H25N3O3S. The fourth-order valence-electron chi connectivity index (χ4n) is 3.62. The molecule has 0 aliphatic carbocycles. The van der Waals surface area contributed by atoms with Crippen LogP contribution in [-0.4, -0.2) is 72.6 Å².